The smallest absolute Gasteiger partial charge is 0.259 e. The minimum Gasteiger partial charge on any atom is -0.490 e. The van der Waals surface area contributed by atoms with Crippen molar-refractivity contribution in [1.82, 2.24) is 4.98 Å². The third-order valence-corrected chi connectivity index (χ3v) is 3.58. The molecule has 2 aromatic rings. The number of anilines is 1. The van der Waals surface area contributed by atoms with Crippen LogP contribution in [0.25, 0.3) is 0 Å². The van der Waals surface area contributed by atoms with Crippen LogP contribution >= 0.6 is 15.9 Å². The Hall–Kier alpha value is -2.12. The Labute approximate surface area is 155 Å². The Balaban J connectivity index is 2.06. The summed E-state index contributed by atoms with van der Waals surface area (Å²) in [5.74, 6) is 0.731. The fourth-order valence-electron chi connectivity index (χ4n) is 2.00. The molecule has 0 aliphatic heterocycles. The van der Waals surface area contributed by atoms with Gasteiger partial charge in [0.25, 0.3) is 5.91 Å². The summed E-state index contributed by atoms with van der Waals surface area (Å²) in [7, 11) is 1.61. The summed E-state index contributed by atoms with van der Waals surface area (Å²) < 4.78 is 16.9. The Bertz CT molecular complexity index is 705. The molecule has 1 aromatic heterocycles. The van der Waals surface area contributed by atoms with Crippen LogP contribution in [0.1, 0.15) is 24.2 Å². The summed E-state index contributed by atoms with van der Waals surface area (Å²) in [6.07, 6.45) is 1.51. The van der Waals surface area contributed by atoms with Crippen LogP contribution in [0.3, 0.4) is 0 Å². The van der Waals surface area contributed by atoms with Crippen LogP contribution in [0, 0.1) is 0 Å². The monoisotopic (exact) mass is 408 g/mol. The normalized spacial score (nSPS) is 10.6. The molecule has 0 fully saturated rings. The molecule has 0 unspecified atom stereocenters. The average Bonchev–Trinajstić information content (AvgIpc) is 2.56. The highest BCUT2D eigenvalue weighted by Crippen LogP contribution is 2.26. The van der Waals surface area contributed by atoms with E-state index in [1.165, 1.54) is 0 Å². The van der Waals surface area contributed by atoms with Crippen LogP contribution in [-0.2, 0) is 4.74 Å². The molecule has 1 aromatic carbocycles. The number of aromatic nitrogens is 1. The van der Waals surface area contributed by atoms with Crippen molar-refractivity contribution in [3.63, 3.8) is 0 Å². The van der Waals surface area contributed by atoms with Gasteiger partial charge < -0.3 is 19.5 Å². The minimum atomic E-state index is -0.266. The number of halogens is 1. The second-order valence-corrected chi connectivity index (χ2v) is 6.40. The van der Waals surface area contributed by atoms with Crippen molar-refractivity contribution in [3.05, 3.63) is 46.6 Å². The maximum Gasteiger partial charge on any atom is 0.259 e. The SMILES string of the molecule is COCCOc1ccc(NC(=O)c2ccc(Br)cc2OC(C)C)cn1. The van der Waals surface area contributed by atoms with E-state index in [0.29, 0.717) is 36.1 Å². The van der Waals surface area contributed by atoms with Crippen molar-refractivity contribution in [3.8, 4) is 11.6 Å². The largest absolute Gasteiger partial charge is 0.490 e. The number of nitrogens with zero attached hydrogens (tertiary/aromatic N) is 1. The molecule has 7 heteroatoms. The number of carbonyl (C=O) groups excluding carboxylic acids is 1. The summed E-state index contributed by atoms with van der Waals surface area (Å²) in [6.45, 7) is 4.73. The molecule has 25 heavy (non-hydrogen) atoms. The van der Waals surface area contributed by atoms with Gasteiger partial charge in [-0.25, -0.2) is 4.98 Å². The van der Waals surface area contributed by atoms with E-state index in [9.17, 15) is 4.79 Å². The lowest BCUT2D eigenvalue weighted by Crippen LogP contribution is -2.16. The highest BCUT2D eigenvalue weighted by atomic mass is 79.9. The first-order valence-electron chi connectivity index (χ1n) is 7.85. The molecule has 0 atom stereocenters. The lowest BCUT2D eigenvalue weighted by Gasteiger charge is -2.14. The summed E-state index contributed by atoms with van der Waals surface area (Å²) >= 11 is 3.39. The number of nitrogens with one attached hydrogen (secondary N) is 1. The van der Waals surface area contributed by atoms with Crippen molar-refractivity contribution in [1.29, 1.82) is 0 Å². The lowest BCUT2D eigenvalue weighted by molar-refractivity contribution is 0.102. The Morgan fingerprint density at radius 1 is 1.24 bits per heavy atom. The number of ether oxygens (including phenoxy) is 3. The molecule has 2 rings (SSSR count). The predicted octanol–water partition coefficient (Wildman–Crippen LogP) is 3.91. The summed E-state index contributed by atoms with van der Waals surface area (Å²) in [4.78, 5) is 16.7. The van der Waals surface area contributed by atoms with Gasteiger partial charge in [0.05, 0.1) is 30.2 Å². The average molecular weight is 409 g/mol. The summed E-state index contributed by atoms with van der Waals surface area (Å²) in [5.41, 5.74) is 1.03. The first-order chi connectivity index (χ1) is 12.0. The molecule has 0 aliphatic rings. The number of methoxy groups -OCH3 is 1. The van der Waals surface area contributed by atoms with Crippen molar-refractivity contribution in [2.75, 3.05) is 25.6 Å². The molecule has 0 bridgehead atoms. The Kier molecular flexibility index (Phi) is 7.21. The number of pyridine rings is 1. The number of hydrogen-bond acceptors (Lipinski definition) is 5. The number of rotatable bonds is 8. The molecule has 0 radical (unpaired) electrons. The Morgan fingerprint density at radius 2 is 2.04 bits per heavy atom. The third kappa shape index (κ3) is 6.03. The van der Waals surface area contributed by atoms with Crippen LogP contribution in [0.4, 0.5) is 5.69 Å². The van der Waals surface area contributed by atoms with E-state index in [-0.39, 0.29) is 12.0 Å². The van der Waals surface area contributed by atoms with E-state index in [2.05, 4.69) is 26.2 Å². The van der Waals surface area contributed by atoms with Crippen molar-refractivity contribution in [2.45, 2.75) is 20.0 Å². The highest BCUT2D eigenvalue weighted by molar-refractivity contribution is 9.10. The molecule has 1 amide bonds. The molecule has 1 heterocycles. The van der Waals surface area contributed by atoms with E-state index in [0.717, 1.165) is 4.47 Å². The molecular formula is C18H21BrN2O4. The lowest BCUT2D eigenvalue weighted by atomic mass is 10.2. The van der Waals surface area contributed by atoms with Gasteiger partial charge >= 0.3 is 0 Å². The van der Waals surface area contributed by atoms with Crippen LogP contribution in [0.15, 0.2) is 41.0 Å². The number of carbonyl (C=O) groups is 1. The summed E-state index contributed by atoms with van der Waals surface area (Å²) in [6, 6.07) is 8.72. The van der Waals surface area contributed by atoms with Crippen LogP contribution < -0.4 is 14.8 Å². The minimum absolute atomic E-state index is 0.0361. The zero-order valence-corrected chi connectivity index (χ0v) is 16.0. The van der Waals surface area contributed by atoms with Gasteiger partial charge in [-0.3, -0.25) is 4.79 Å². The predicted molar refractivity (Wildman–Crippen MR) is 99.5 cm³/mol. The van der Waals surface area contributed by atoms with Crippen molar-refractivity contribution in [2.24, 2.45) is 0 Å². The van der Waals surface area contributed by atoms with Crippen LogP contribution in [0.2, 0.25) is 0 Å². The van der Waals surface area contributed by atoms with E-state index in [4.69, 9.17) is 14.2 Å². The van der Waals surface area contributed by atoms with Crippen molar-refractivity contribution < 1.29 is 19.0 Å². The standard InChI is InChI=1S/C18H21BrN2O4/c1-12(2)25-16-10-13(19)4-6-15(16)18(22)21-14-5-7-17(20-11-14)24-9-8-23-3/h4-7,10-12H,8-9H2,1-3H3,(H,21,22). The molecule has 1 N–H and O–H groups in total. The first-order valence-corrected chi connectivity index (χ1v) is 8.64. The molecule has 0 saturated heterocycles. The maximum atomic E-state index is 12.5. The van der Waals surface area contributed by atoms with E-state index >= 15 is 0 Å². The molecule has 0 saturated carbocycles. The topological polar surface area (TPSA) is 69.7 Å². The zero-order valence-electron chi connectivity index (χ0n) is 14.4. The molecular weight excluding hydrogens is 388 g/mol. The third-order valence-electron chi connectivity index (χ3n) is 3.08. The number of amides is 1. The van der Waals surface area contributed by atoms with Gasteiger partial charge in [-0.15, -0.1) is 0 Å². The molecule has 6 nitrogen and oxygen atoms in total. The summed E-state index contributed by atoms with van der Waals surface area (Å²) in [5, 5.41) is 2.81. The van der Waals surface area contributed by atoms with Gasteiger partial charge in [-0.05, 0) is 38.1 Å². The molecule has 0 aliphatic carbocycles. The fourth-order valence-corrected chi connectivity index (χ4v) is 2.34. The molecule has 134 valence electrons. The number of benzene rings is 1. The van der Waals surface area contributed by atoms with E-state index in [1.807, 2.05) is 13.8 Å². The van der Waals surface area contributed by atoms with Crippen molar-refractivity contribution >= 4 is 27.5 Å². The van der Waals surface area contributed by atoms with Crippen LogP contribution in [0.5, 0.6) is 11.6 Å². The van der Waals surface area contributed by atoms with Gasteiger partial charge in [0.2, 0.25) is 5.88 Å². The quantitative estimate of drug-likeness (QED) is 0.670. The Morgan fingerprint density at radius 3 is 2.68 bits per heavy atom. The van der Waals surface area contributed by atoms with Gasteiger partial charge in [-0.2, -0.15) is 0 Å². The first kappa shape index (κ1) is 19.2. The second-order valence-electron chi connectivity index (χ2n) is 5.49. The second kappa shape index (κ2) is 9.39. The van der Waals surface area contributed by atoms with Gasteiger partial charge in [0.1, 0.15) is 12.4 Å². The van der Waals surface area contributed by atoms with Gasteiger partial charge in [0.15, 0.2) is 0 Å². The maximum absolute atomic E-state index is 12.5. The van der Waals surface area contributed by atoms with E-state index < -0.39 is 0 Å². The van der Waals surface area contributed by atoms with Gasteiger partial charge in [-0.1, -0.05) is 15.9 Å². The zero-order chi connectivity index (χ0) is 18.2. The number of hydrogen-bond donors (Lipinski definition) is 1. The van der Waals surface area contributed by atoms with Gasteiger partial charge in [0, 0.05) is 17.6 Å². The highest BCUT2D eigenvalue weighted by Gasteiger charge is 2.14. The van der Waals surface area contributed by atoms with Crippen LogP contribution in [-0.4, -0.2) is 37.3 Å². The van der Waals surface area contributed by atoms with E-state index in [1.54, 1.807) is 43.6 Å². The fraction of sp³-hybridized carbons (Fsp3) is 0.333. The molecule has 0 spiro atoms.